The molecular formula is C26H33N3O4. The van der Waals surface area contributed by atoms with Crippen LogP contribution in [0.2, 0.25) is 0 Å². The number of aliphatic carboxylic acids is 1. The number of nitrogens with zero attached hydrogens (tertiary/aromatic N) is 3. The van der Waals surface area contributed by atoms with Crippen molar-refractivity contribution in [3.63, 3.8) is 0 Å². The maximum absolute atomic E-state index is 11.2. The van der Waals surface area contributed by atoms with Gasteiger partial charge in [0.05, 0.1) is 0 Å². The van der Waals surface area contributed by atoms with Crippen molar-refractivity contribution in [1.29, 1.82) is 0 Å². The van der Waals surface area contributed by atoms with Crippen molar-refractivity contribution in [3.05, 3.63) is 76.9 Å². The van der Waals surface area contributed by atoms with Crippen LogP contribution in [0.5, 0.6) is 5.75 Å². The summed E-state index contributed by atoms with van der Waals surface area (Å²) < 4.78 is 7.48. The highest BCUT2D eigenvalue weighted by Crippen LogP contribution is 2.20. The smallest absolute Gasteiger partial charge is 0.347 e. The van der Waals surface area contributed by atoms with Crippen molar-refractivity contribution in [3.8, 4) is 5.75 Å². The van der Waals surface area contributed by atoms with Gasteiger partial charge in [-0.3, -0.25) is 0 Å². The van der Waals surface area contributed by atoms with Crippen molar-refractivity contribution >= 4 is 5.97 Å². The lowest BCUT2D eigenvalue weighted by Crippen LogP contribution is -2.37. The molecule has 0 spiro atoms. The first-order valence-corrected chi connectivity index (χ1v) is 11.4. The van der Waals surface area contributed by atoms with E-state index in [4.69, 9.17) is 9.72 Å². The second kappa shape index (κ2) is 11.1. The normalized spacial score (nSPS) is 11.5. The van der Waals surface area contributed by atoms with Crippen LogP contribution in [-0.4, -0.2) is 43.2 Å². The molecule has 0 unspecified atom stereocenters. The van der Waals surface area contributed by atoms with Crippen molar-refractivity contribution in [2.75, 3.05) is 6.61 Å². The van der Waals surface area contributed by atoms with Crippen LogP contribution in [0.1, 0.15) is 55.0 Å². The fourth-order valence-corrected chi connectivity index (χ4v) is 3.49. The molecule has 1 aromatic heterocycles. The van der Waals surface area contributed by atoms with Crippen molar-refractivity contribution < 1.29 is 19.7 Å². The summed E-state index contributed by atoms with van der Waals surface area (Å²) in [5.74, 6) is 1.28. The third-order valence-corrected chi connectivity index (χ3v) is 5.48. The van der Waals surface area contributed by atoms with Gasteiger partial charge in [0.25, 0.3) is 0 Å². The number of benzene rings is 2. The monoisotopic (exact) mass is 451 g/mol. The summed E-state index contributed by atoms with van der Waals surface area (Å²) in [7, 11) is 0. The van der Waals surface area contributed by atoms with Crippen LogP contribution in [0.15, 0.2) is 48.5 Å². The first-order valence-electron chi connectivity index (χ1n) is 11.4. The predicted molar refractivity (Wildman–Crippen MR) is 127 cm³/mol. The van der Waals surface area contributed by atoms with Crippen molar-refractivity contribution in [2.45, 2.75) is 65.0 Å². The zero-order valence-electron chi connectivity index (χ0n) is 19.6. The maximum atomic E-state index is 11.2. The zero-order chi connectivity index (χ0) is 23.8. The molecule has 0 bridgehead atoms. The van der Waals surface area contributed by atoms with Gasteiger partial charge in [-0.05, 0) is 63.3 Å². The highest BCUT2D eigenvalue weighted by molar-refractivity contribution is 5.76. The number of carboxylic acids is 1. The van der Waals surface area contributed by atoms with Crippen LogP contribution in [0.25, 0.3) is 0 Å². The third kappa shape index (κ3) is 7.15. The van der Waals surface area contributed by atoms with Crippen molar-refractivity contribution in [2.24, 2.45) is 0 Å². The van der Waals surface area contributed by atoms with Crippen LogP contribution in [0.3, 0.4) is 0 Å². The Labute approximate surface area is 195 Å². The standard InChI is InChI=1S/C26H33N3O4/c1-19-8-10-21(11-9-19)18-23-27-24(29(28-23)16-5-17-30)7-4-6-20-12-14-22(15-13-20)33-26(2,3)25(31)32/h8-15,30H,4-7,16-18H2,1-3H3,(H,31,32). The number of hydrogen-bond donors (Lipinski definition) is 2. The molecule has 0 radical (unpaired) electrons. The molecular weight excluding hydrogens is 418 g/mol. The largest absolute Gasteiger partial charge is 0.478 e. The molecule has 2 N–H and O–H groups in total. The number of aliphatic hydroxyl groups excluding tert-OH is 1. The van der Waals surface area contributed by atoms with Crippen LogP contribution in [0, 0.1) is 6.92 Å². The Morgan fingerprint density at radius 3 is 2.30 bits per heavy atom. The van der Waals surface area contributed by atoms with E-state index >= 15 is 0 Å². The molecule has 2 aromatic carbocycles. The molecule has 0 atom stereocenters. The van der Waals surface area contributed by atoms with E-state index in [9.17, 15) is 15.0 Å². The minimum Gasteiger partial charge on any atom is -0.478 e. The van der Waals surface area contributed by atoms with E-state index in [-0.39, 0.29) is 6.61 Å². The molecule has 0 saturated heterocycles. The number of aromatic nitrogens is 3. The molecule has 7 nitrogen and oxygen atoms in total. The molecule has 7 heteroatoms. The van der Waals surface area contributed by atoms with E-state index in [0.29, 0.717) is 25.1 Å². The third-order valence-electron chi connectivity index (χ3n) is 5.48. The molecule has 0 fully saturated rings. The van der Waals surface area contributed by atoms with E-state index < -0.39 is 11.6 Å². The first-order chi connectivity index (χ1) is 15.8. The van der Waals surface area contributed by atoms with E-state index in [1.54, 1.807) is 0 Å². The lowest BCUT2D eigenvalue weighted by molar-refractivity contribution is -0.152. The molecule has 0 aliphatic rings. The topological polar surface area (TPSA) is 97.5 Å². The average molecular weight is 452 g/mol. The molecule has 0 saturated carbocycles. The van der Waals surface area contributed by atoms with E-state index in [1.807, 2.05) is 28.9 Å². The summed E-state index contributed by atoms with van der Waals surface area (Å²) in [5, 5.41) is 23.1. The minimum absolute atomic E-state index is 0.125. The number of aryl methyl sites for hydroxylation is 4. The number of carboxylic acid groups (broad SMARTS) is 1. The van der Waals surface area contributed by atoms with Gasteiger partial charge in [-0.15, -0.1) is 0 Å². The molecule has 0 aliphatic carbocycles. The van der Waals surface area contributed by atoms with Gasteiger partial charge in [-0.2, -0.15) is 5.10 Å². The molecule has 3 aromatic rings. The fraction of sp³-hybridized carbons (Fsp3) is 0.423. The fourth-order valence-electron chi connectivity index (χ4n) is 3.49. The van der Waals surface area contributed by atoms with Crippen molar-refractivity contribution in [1.82, 2.24) is 14.8 Å². The summed E-state index contributed by atoms with van der Waals surface area (Å²) in [6.45, 7) is 5.91. The Kier molecular flexibility index (Phi) is 8.22. The summed E-state index contributed by atoms with van der Waals surface area (Å²) >= 11 is 0. The minimum atomic E-state index is -1.27. The molecule has 1 heterocycles. The van der Waals surface area contributed by atoms with Gasteiger partial charge in [0.1, 0.15) is 11.6 Å². The Balaban J connectivity index is 1.59. The average Bonchev–Trinajstić information content (AvgIpc) is 3.16. The van der Waals surface area contributed by atoms with Crippen LogP contribution in [0.4, 0.5) is 0 Å². The summed E-state index contributed by atoms with van der Waals surface area (Å²) in [5.41, 5.74) is 2.29. The number of aliphatic hydroxyl groups is 1. The molecule has 0 amide bonds. The van der Waals surface area contributed by atoms with Gasteiger partial charge in [-0.25, -0.2) is 14.5 Å². The molecule has 176 valence electrons. The second-order valence-corrected chi connectivity index (χ2v) is 8.82. The summed E-state index contributed by atoms with van der Waals surface area (Å²) in [4.78, 5) is 16.0. The SMILES string of the molecule is Cc1ccc(Cc2nc(CCCc3ccc(OC(C)(C)C(=O)O)cc3)n(CCCO)n2)cc1. The van der Waals surface area contributed by atoms with Gasteiger partial charge in [0, 0.05) is 26.0 Å². The molecule has 0 aliphatic heterocycles. The Bertz CT molecular complexity index is 1040. The summed E-state index contributed by atoms with van der Waals surface area (Å²) in [6.07, 6.45) is 3.89. The predicted octanol–water partition coefficient (Wildman–Crippen LogP) is 3.98. The van der Waals surface area contributed by atoms with Gasteiger partial charge in [0.2, 0.25) is 0 Å². The highest BCUT2D eigenvalue weighted by Gasteiger charge is 2.29. The van der Waals surface area contributed by atoms with Crippen LogP contribution >= 0.6 is 0 Å². The van der Waals surface area contributed by atoms with Gasteiger partial charge in [0.15, 0.2) is 11.4 Å². The van der Waals surface area contributed by atoms with Gasteiger partial charge in [-0.1, -0.05) is 42.0 Å². The maximum Gasteiger partial charge on any atom is 0.347 e. The van der Waals surface area contributed by atoms with Gasteiger partial charge >= 0.3 is 5.97 Å². The lowest BCUT2D eigenvalue weighted by atomic mass is 10.1. The highest BCUT2D eigenvalue weighted by atomic mass is 16.5. The van der Waals surface area contributed by atoms with E-state index in [2.05, 4.69) is 36.3 Å². The number of carbonyl (C=O) groups is 1. The quantitative estimate of drug-likeness (QED) is 0.432. The molecule has 33 heavy (non-hydrogen) atoms. The zero-order valence-corrected chi connectivity index (χ0v) is 19.6. The number of hydrogen-bond acceptors (Lipinski definition) is 5. The molecule has 3 rings (SSSR count). The number of ether oxygens (including phenoxy) is 1. The van der Waals surface area contributed by atoms with Crippen LogP contribution in [-0.2, 0) is 30.6 Å². The Morgan fingerprint density at radius 1 is 1.00 bits per heavy atom. The van der Waals surface area contributed by atoms with Gasteiger partial charge < -0.3 is 14.9 Å². The van der Waals surface area contributed by atoms with Crippen LogP contribution < -0.4 is 4.74 Å². The summed E-state index contributed by atoms with van der Waals surface area (Å²) in [6, 6.07) is 15.9. The van der Waals surface area contributed by atoms with E-state index in [0.717, 1.165) is 36.5 Å². The Morgan fingerprint density at radius 2 is 1.67 bits per heavy atom. The number of rotatable bonds is 12. The lowest BCUT2D eigenvalue weighted by Gasteiger charge is -2.21. The van der Waals surface area contributed by atoms with E-state index in [1.165, 1.54) is 25.0 Å². The first kappa shape index (κ1) is 24.5. The Hall–Kier alpha value is -3.19. The second-order valence-electron chi connectivity index (χ2n) is 8.82.